The van der Waals surface area contributed by atoms with Crippen molar-refractivity contribution in [2.45, 2.75) is 57.6 Å². The zero-order valence-electron chi connectivity index (χ0n) is 31.3. The van der Waals surface area contributed by atoms with E-state index < -0.39 is 0 Å². The van der Waals surface area contributed by atoms with E-state index in [0.717, 1.165) is 75.2 Å². The molecule has 11 rings (SSSR count). The molecule has 284 valence electrons. The third-order valence-corrected chi connectivity index (χ3v) is 12.7. The van der Waals surface area contributed by atoms with Gasteiger partial charge in [-0.05, 0) is 137 Å². The molecule has 4 saturated carbocycles. The van der Waals surface area contributed by atoms with Crippen LogP contribution >= 0.6 is 0 Å². The molecule has 4 bridgehead atoms. The van der Waals surface area contributed by atoms with Crippen molar-refractivity contribution >= 4 is 39.4 Å². The molecule has 0 saturated heterocycles. The molecule has 5 aliphatic rings. The molecule has 1 amide bonds. The molecule has 2 aromatic heterocycles. The molecular formula is C48H45BrN2O5. The van der Waals surface area contributed by atoms with Crippen LogP contribution in [0.4, 0.5) is 5.69 Å². The first kappa shape index (κ1) is 36.5. The second-order valence-electron chi connectivity index (χ2n) is 16.2. The van der Waals surface area contributed by atoms with Crippen LogP contribution in [0.1, 0.15) is 71.5 Å². The first-order valence-electron chi connectivity index (χ1n) is 19.8. The first-order valence-corrected chi connectivity index (χ1v) is 19.8. The number of carbonyl (C=O) groups excluding carboxylic acids is 1. The lowest BCUT2D eigenvalue weighted by molar-refractivity contribution is -0.697. The molecule has 4 aliphatic carbocycles. The number of ether oxygens (including phenoxy) is 2. The lowest BCUT2D eigenvalue weighted by Gasteiger charge is -2.55. The highest BCUT2D eigenvalue weighted by Crippen LogP contribution is 2.60. The van der Waals surface area contributed by atoms with E-state index in [2.05, 4.69) is 52.9 Å². The number of aromatic nitrogens is 1. The molecule has 56 heavy (non-hydrogen) atoms. The molecule has 6 aromatic rings. The number of aliphatic hydroxyl groups is 1. The number of amides is 1. The van der Waals surface area contributed by atoms with Crippen LogP contribution in [0.15, 0.2) is 120 Å². The van der Waals surface area contributed by atoms with E-state index >= 15 is 0 Å². The number of anilines is 1. The van der Waals surface area contributed by atoms with E-state index in [-0.39, 0.29) is 29.5 Å². The Morgan fingerprint density at radius 1 is 0.839 bits per heavy atom. The number of halogens is 1. The van der Waals surface area contributed by atoms with Crippen LogP contribution in [0.3, 0.4) is 0 Å². The van der Waals surface area contributed by atoms with Gasteiger partial charge >= 0.3 is 0 Å². The Morgan fingerprint density at radius 2 is 1.57 bits per heavy atom. The fourth-order valence-electron chi connectivity index (χ4n) is 10.3. The molecule has 0 unspecified atom stereocenters. The molecule has 2 N–H and O–H groups in total. The molecule has 0 atom stereocenters. The van der Waals surface area contributed by atoms with Crippen molar-refractivity contribution in [1.29, 1.82) is 0 Å². The number of furan rings is 1. The minimum absolute atomic E-state index is 0. The fraction of sp³-hybridized carbons (Fsp3) is 0.292. The minimum Gasteiger partial charge on any atom is -1.00 e. The summed E-state index contributed by atoms with van der Waals surface area (Å²) in [7, 11) is 0. The SMILES string of the molecule is C=C1C=Cc2cc3ccoc3c(OCCC[n+]3ccc(NC(=O)c4ccc5cc(-c6ccc(CO)c(C7C8CC9CC(C8)CC7C9)c6)ccc5c4)cc3)c2O1.[Br-]. The number of pyridine rings is 1. The maximum absolute atomic E-state index is 13.3. The summed E-state index contributed by atoms with van der Waals surface area (Å²) in [6, 6.07) is 26.8. The predicted molar refractivity (Wildman–Crippen MR) is 215 cm³/mol. The van der Waals surface area contributed by atoms with E-state index in [4.69, 9.17) is 13.9 Å². The van der Waals surface area contributed by atoms with E-state index in [1.165, 1.54) is 43.2 Å². The van der Waals surface area contributed by atoms with Gasteiger partial charge in [0.15, 0.2) is 30.3 Å². The number of aryl methyl sites for hydroxylation is 1. The van der Waals surface area contributed by atoms with Crippen LogP contribution in [-0.2, 0) is 13.2 Å². The number of fused-ring (bicyclic) bond motifs is 3. The summed E-state index contributed by atoms with van der Waals surface area (Å²) in [5.41, 5.74) is 7.77. The Hall–Kier alpha value is -5.18. The van der Waals surface area contributed by atoms with Gasteiger partial charge in [-0.15, -0.1) is 0 Å². The number of allylic oxidation sites excluding steroid dienone is 1. The van der Waals surface area contributed by atoms with Crippen molar-refractivity contribution in [3.8, 4) is 22.6 Å². The Bertz CT molecular complexity index is 2470. The van der Waals surface area contributed by atoms with Gasteiger partial charge < -0.3 is 41.3 Å². The lowest BCUT2D eigenvalue weighted by Crippen LogP contribution is -3.00. The van der Waals surface area contributed by atoms with Crippen LogP contribution in [0.5, 0.6) is 11.5 Å². The average Bonchev–Trinajstić information content (AvgIpc) is 3.67. The third kappa shape index (κ3) is 6.83. The van der Waals surface area contributed by atoms with Gasteiger partial charge in [0.2, 0.25) is 5.75 Å². The molecule has 8 heteroatoms. The predicted octanol–water partition coefficient (Wildman–Crippen LogP) is 7.22. The summed E-state index contributed by atoms with van der Waals surface area (Å²) in [5.74, 6) is 5.57. The van der Waals surface area contributed by atoms with Crippen LogP contribution in [0.25, 0.3) is 38.9 Å². The zero-order chi connectivity index (χ0) is 37.0. The number of nitrogens with zero attached hydrogens (tertiary/aromatic N) is 1. The number of hydrogen-bond acceptors (Lipinski definition) is 5. The van der Waals surface area contributed by atoms with Crippen molar-refractivity contribution in [1.82, 2.24) is 0 Å². The Morgan fingerprint density at radius 3 is 2.36 bits per heavy atom. The van der Waals surface area contributed by atoms with Gasteiger partial charge in [-0.2, -0.15) is 0 Å². The standard InChI is InChI=1S/C48H44N2O5.BrH/c1-29-3-4-36-26-37-13-18-54-45(37)47(46(36)55-29)53-17-2-14-50-15-11-42(12-16-50)49-48(52)38-9-7-32-24-33(5-6-34(32)25-38)35-8-10-39(28-51)43(27-35)44-40-20-30-19-31(22-40)23-41(44)21-30;/h3-13,15-16,18,24-27,30-31,40-41,44,51H,1-2,14,17,19-23,28H2;1H. The Kier molecular flexibility index (Phi) is 9.80. The average molecular weight is 810 g/mol. The maximum Gasteiger partial charge on any atom is 0.255 e. The molecule has 7 nitrogen and oxygen atoms in total. The van der Waals surface area contributed by atoms with E-state index in [1.807, 2.05) is 67.0 Å². The number of benzene rings is 4. The number of rotatable bonds is 10. The van der Waals surface area contributed by atoms with Crippen LogP contribution in [-0.4, -0.2) is 17.6 Å². The van der Waals surface area contributed by atoms with E-state index in [1.54, 1.807) is 6.26 Å². The van der Waals surface area contributed by atoms with E-state index in [9.17, 15) is 9.90 Å². The zero-order valence-corrected chi connectivity index (χ0v) is 32.8. The minimum atomic E-state index is -0.146. The van der Waals surface area contributed by atoms with Gasteiger partial charge in [0.05, 0.1) is 25.2 Å². The largest absolute Gasteiger partial charge is 1.00 e. The molecule has 4 fully saturated rings. The number of carbonyl (C=O) groups is 1. The number of aliphatic hydroxyl groups excluding tert-OH is 1. The molecule has 3 heterocycles. The monoisotopic (exact) mass is 808 g/mol. The van der Waals surface area contributed by atoms with Gasteiger partial charge in [0.25, 0.3) is 5.91 Å². The Balaban J connectivity index is 0.00000410. The summed E-state index contributed by atoms with van der Waals surface area (Å²) in [5, 5.41) is 16.5. The van der Waals surface area contributed by atoms with Gasteiger partial charge in [0.1, 0.15) is 5.76 Å². The van der Waals surface area contributed by atoms with Crippen molar-refractivity contribution in [3.63, 3.8) is 0 Å². The topological polar surface area (TPSA) is 84.8 Å². The second kappa shape index (κ2) is 15.1. The summed E-state index contributed by atoms with van der Waals surface area (Å²) < 4.78 is 19.9. The van der Waals surface area contributed by atoms with Crippen LogP contribution in [0, 0.1) is 23.7 Å². The third-order valence-electron chi connectivity index (χ3n) is 12.7. The van der Waals surface area contributed by atoms with Crippen molar-refractivity contribution in [3.05, 3.63) is 138 Å². The highest BCUT2D eigenvalue weighted by molar-refractivity contribution is 6.06. The Labute approximate surface area is 337 Å². The highest BCUT2D eigenvalue weighted by atomic mass is 79.9. The van der Waals surface area contributed by atoms with Crippen LogP contribution < -0.4 is 36.3 Å². The number of hydrogen-bond donors (Lipinski definition) is 2. The summed E-state index contributed by atoms with van der Waals surface area (Å²) in [6.45, 7) is 5.22. The first-order chi connectivity index (χ1) is 27.0. The normalized spacial score (nSPS) is 21.8. The van der Waals surface area contributed by atoms with Gasteiger partial charge in [-0.1, -0.05) is 43.0 Å². The smallest absolute Gasteiger partial charge is 0.255 e. The van der Waals surface area contributed by atoms with Crippen LogP contribution in [0.2, 0.25) is 0 Å². The fourth-order valence-corrected chi connectivity index (χ4v) is 10.3. The van der Waals surface area contributed by atoms with Gasteiger partial charge in [-0.25, -0.2) is 4.57 Å². The van der Waals surface area contributed by atoms with Gasteiger partial charge in [0, 0.05) is 35.1 Å². The molecule has 0 radical (unpaired) electrons. The molecule has 0 spiro atoms. The summed E-state index contributed by atoms with van der Waals surface area (Å²) >= 11 is 0. The van der Waals surface area contributed by atoms with Crippen molar-refractivity contribution in [2.75, 3.05) is 11.9 Å². The summed E-state index contributed by atoms with van der Waals surface area (Å²) in [4.78, 5) is 13.3. The highest BCUT2D eigenvalue weighted by Gasteiger charge is 2.49. The number of nitrogens with one attached hydrogen (secondary N) is 1. The summed E-state index contributed by atoms with van der Waals surface area (Å²) in [6.07, 6.45) is 17.0. The molecule has 4 aromatic carbocycles. The quantitative estimate of drug-likeness (QED) is 0.113. The molecular weight excluding hydrogens is 764 g/mol. The maximum atomic E-state index is 13.3. The molecule has 1 aliphatic heterocycles. The van der Waals surface area contributed by atoms with Gasteiger partial charge in [-0.3, -0.25) is 4.79 Å². The second-order valence-corrected chi connectivity index (χ2v) is 16.2. The lowest BCUT2D eigenvalue weighted by atomic mass is 9.50. The van der Waals surface area contributed by atoms with Crippen molar-refractivity contribution in [2.24, 2.45) is 23.7 Å². The van der Waals surface area contributed by atoms with E-state index in [0.29, 0.717) is 40.9 Å². The van der Waals surface area contributed by atoms with Crippen molar-refractivity contribution < 1.29 is 45.3 Å².